The Morgan fingerprint density at radius 3 is 2.26 bits per heavy atom. The third kappa shape index (κ3) is 6.25. The molecule has 7 nitrogen and oxygen atoms in total. The van der Waals surface area contributed by atoms with Crippen LogP contribution in [-0.4, -0.2) is 44.5 Å². The van der Waals surface area contributed by atoms with E-state index in [4.69, 9.17) is 4.42 Å². The number of rotatable bonds is 12. The van der Waals surface area contributed by atoms with Gasteiger partial charge in [0.05, 0.1) is 30.7 Å². The molecule has 0 amide bonds. The standard InChI is InChI=1S/C38H36FNO6S/c1-4-33(42)36-31-21-30(29-20-26(11-10-24(29)2)34(43)23-38(16-17-38)27-8-6-5-7-9-27)32(40(18-19-41)47(3,44)45)22-35(31)46-37(36)25-12-14-28(39)15-13-25/h5-15,20-22,41H,4,16-19,23H2,1-3H3. The number of fused-ring (bicyclic) bond motifs is 1. The lowest BCUT2D eigenvalue weighted by Crippen LogP contribution is -2.33. The number of hydrogen-bond acceptors (Lipinski definition) is 6. The molecule has 242 valence electrons. The second kappa shape index (κ2) is 12.5. The number of halogens is 1. The van der Waals surface area contributed by atoms with Crippen LogP contribution >= 0.6 is 0 Å². The van der Waals surface area contributed by atoms with Crippen molar-refractivity contribution in [1.29, 1.82) is 0 Å². The van der Waals surface area contributed by atoms with Gasteiger partial charge >= 0.3 is 0 Å². The normalized spacial score (nSPS) is 13.9. The average molecular weight is 654 g/mol. The van der Waals surface area contributed by atoms with Gasteiger partial charge in [0.1, 0.15) is 17.2 Å². The molecule has 1 aliphatic carbocycles. The molecule has 1 aliphatic rings. The first-order chi connectivity index (χ1) is 22.5. The molecule has 47 heavy (non-hydrogen) atoms. The molecular weight excluding hydrogens is 617 g/mol. The van der Waals surface area contributed by atoms with Crippen LogP contribution in [0.1, 0.15) is 64.4 Å². The molecule has 4 aromatic carbocycles. The summed E-state index contributed by atoms with van der Waals surface area (Å²) in [5, 5.41) is 10.4. The molecule has 5 aromatic rings. The number of sulfonamides is 1. The van der Waals surface area contributed by atoms with Crippen LogP contribution in [0.25, 0.3) is 33.4 Å². The minimum atomic E-state index is -3.89. The molecular formula is C38H36FNO6S. The highest BCUT2D eigenvalue weighted by molar-refractivity contribution is 7.92. The Kier molecular flexibility index (Phi) is 8.63. The van der Waals surface area contributed by atoms with E-state index in [0.29, 0.717) is 39.6 Å². The quantitative estimate of drug-likeness (QED) is 0.138. The van der Waals surface area contributed by atoms with Gasteiger partial charge in [-0.2, -0.15) is 0 Å². The molecule has 0 radical (unpaired) electrons. The highest BCUT2D eigenvalue weighted by Crippen LogP contribution is 2.51. The fraction of sp³-hybridized carbons (Fsp3) is 0.263. The van der Waals surface area contributed by atoms with Crippen molar-refractivity contribution < 1.29 is 31.9 Å². The predicted octanol–water partition coefficient (Wildman–Crippen LogP) is 7.87. The first kappa shape index (κ1) is 32.3. The number of furan rings is 1. The largest absolute Gasteiger partial charge is 0.455 e. The minimum Gasteiger partial charge on any atom is -0.455 e. The van der Waals surface area contributed by atoms with E-state index < -0.39 is 22.4 Å². The van der Waals surface area contributed by atoms with E-state index in [0.717, 1.165) is 34.5 Å². The van der Waals surface area contributed by atoms with Gasteiger partial charge in [-0.25, -0.2) is 12.8 Å². The molecule has 1 heterocycles. The molecule has 0 aliphatic heterocycles. The molecule has 0 atom stereocenters. The number of Topliss-reactive ketones (excluding diaryl/α,β-unsaturated/α-hetero) is 2. The Morgan fingerprint density at radius 1 is 0.936 bits per heavy atom. The molecule has 1 N–H and O–H groups in total. The summed E-state index contributed by atoms with van der Waals surface area (Å²) in [5.74, 6) is -0.408. The van der Waals surface area contributed by atoms with E-state index in [-0.39, 0.29) is 47.0 Å². The number of anilines is 1. The van der Waals surface area contributed by atoms with Crippen molar-refractivity contribution in [2.24, 2.45) is 0 Å². The van der Waals surface area contributed by atoms with E-state index >= 15 is 0 Å². The first-order valence-electron chi connectivity index (χ1n) is 15.6. The van der Waals surface area contributed by atoms with E-state index in [2.05, 4.69) is 12.1 Å². The Morgan fingerprint density at radius 2 is 1.64 bits per heavy atom. The zero-order chi connectivity index (χ0) is 33.5. The van der Waals surface area contributed by atoms with E-state index in [1.54, 1.807) is 31.2 Å². The van der Waals surface area contributed by atoms with Crippen LogP contribution in [0.2, 0.25) is 0 Å². The number of benzene rings is 4. The summed E-state index contributed by atoms with van der Waals surface area (Å²) in [5.41, 5.74) is 4.61. The number of hydrogen-bond donors (Lipinski definition) is 1. The van der Waals surface area contributed by atoms with Crippen LogP contribution < -0.4 is 4.31 Å². The number of carbonyl (C=O) groups is 2. The van der Waals surface area contributed by atoms with Crippen LogP contribution in [-0.2, 0) is 15.4 Å². The summed E-state index contributed by atoms with van der Waals surface area (Å²) in [4.78, 5) is 27.2. The topological polar surface area (TPSA) is 105 Å². The van der Waals surface area contributed by atoms with Crippen LogP contribution in [0.5, 0.6) is 0 Å². The van der Waals surface area contributed by atoms with Crippen molar-refractivity contribution >= 4 is 38.2 Å². The summed E-state index contributed by atoms with van der Waals surface area (Å²) >= 11 is 0. The monoisotopic (exact) mass is 653 g/mol. The lowest BCUT2D eigenvalue weighted by molar-refractivity contribution is 0.0967. The van der Waals surface area contributed by atoms with E-state index in [1.165, 1.54) is 24.3 Å². The van der Waals surface area contributed by atoms with E-state index in [9.17, 15) is 27.5 Å². The maximum atomic E-state index is 13.8. The van der Waals surface area contributed by atoms with Gasteiger partial charge in [-0.3, -0.25) is 13.9 Å². The van der Waals surface area contributed by atoms with Gasteiger partial charge in [0.15, 0.2) is 11.6 Å². The number of nitrogens with zero attached hydrogens (tertiary/aromatic N) is 1. The highest BCUT2D eigenvalue weighted by Gasteiger charge is 2.45. The second-order valence-corrected chi connectivity index (χ2v) is 14.2. The molecule has 9 heteroatoms. The van der Waals surface area contributed by atoms with Gasteiger partial charge in [-0.05, 0) is 72.9 Å². The Bertz CT molecular complexity index is 2100. The third-order valence-corrected chi connectivity index (χ3v) is 10.3. The fourth-order valence-electron chi connectivity index (χ4n) is 6.37. The van der Waals surface area contributed by atoms with Gasteiger partial charge in [0, 0.05) is 46.4 Å². The smallest absolute Gasteiger partial charge is 0.232 e. The van der Waals surface area contributed by atoms with Gasteiger partial charge in [0.2, 0.25) is 10.0 Å². The first-order valence-corrected chi connectivity index (χ1v) is 17.5. The lowest BCUT2D eigenvalue weighted by Gasteiger charge is -2.25. The summed E-state index contributed by atoms with van der Waals surface area (Å²) in [6, 6.07) is 24.3. The van der Waals surface area contributed by atoms with Gasteiger partial charge in [-0.1, -0.05) is 49.4 Å². The van der Waals surface area contributed by atoms with Crippen LogP contribution in [0.15, 0.2) is 89.3 Å². The second-order valence-electron chi connectivity index (χ2n) is 12.3. The molecule has 0 spiro atoms. The Balaban J connectivity index is 1.55. The number of aliphatic hydroxyl groups is 1. The molecule has 0 saturated heterocycles. The number of aryl methyl sites for hydroxylation is 1. The lowest BCUT2D eigenvalue weighted by atomic mass is 9.87. The molecule has 1 aromatic heterocycles. The molecule has 6 rings (SSSR count). The number of carbonyl (C=O) groups excluding carboxylic acids is 2. The number of ketones is 2. The minimum absolute atomic E-state index is 0.0192. The molecule has 1 saturated carbocycles. The SMILES string of the molecule is CCC(=O)c1c(-c2ccc(F)cc2)oc2cc(N(CCO)S(C)(=O)=O)c(-c3cc(C(=O)CC4(c5ccccc5)CC4)ccc3C)cc12. The third-order valence-electron chi connectivity index (χ3n) is 9.07. The van der Waals surface area contributed by atoms with Crippen molar-refractivity contribution in [1.82, 2.24) is 0 Å². The zero-order valence-corrected chi connectivity index (χ0v) is 27.4. The Hall–Kier alpha value is -4.60. The Labute approximate surface area is 273 Å². The van der Waals surface area contributed by atoms with Crippen molar-refractivity contribution in [2.75, 3.05) is 23.7 Å². The summed E-state index contributed by atoms with van der Waals surface area (Å²) in [6.07, 6.45) is 3.44. The summed E-state index contributed by atoms with van der Waals surface area (Å²) in [6.45, 7) is 2.94. The van der Waals surface area contributed by atoms with E-state index in [1.807, 2.05) is 31.2 Å². The van der Waals surface area contributed by atoms with Crippen molar-refractivity contribution in [3.05, 3.63) is 113 Å². The van der Waals surface area contributed by atoms with Gasteiger partial charge in [-0.15, -0.1) is 0 Å². The van der Waals surface area contributed by atoms with Crippen LogP contribution in [0, 0.1) is 12.7 Å². The van der Waals surface area contributed by atoms with Crippen molar-refractivity contribution in [3.8, 4) is 22.5 Å². The van der Waals surface area contributed by atoms with Crippen molar-refractivity contribution in [2.45, 2.75) is 44.9 Å². The summed E-state index contributed by atoms with van der Waals surface area (Å²) in [7, 11) is -3.89. The van der Waals surface area contributed by atoms with Gasteiger partial charge in [0.25, 0.3) is 0 Å². The number of aliphatic hydroxyl groups excluding tert-OH is 1. The van der Waals surface area contributed by atoms with Gasteiger partial charge < -0.3 is 9.52 Å². The molecule has 0 bridgehead atoms. The fourth-order valence-corrected chi connectivity index (χ4v) is 7.29. The highest BCUT2D eigenvalue weighted by atomic mass is 32.2. The molecule has 0 unspecified atom stereocenters. The molecule has 1 fully saturated rings. The average Bonchev–Trinajstić information content (AvgIpc) is 3.75. The summed E-state index contributed by atoms with van der Waals surface area (Å²) < 4.78 is 47.4. The van der Waals surface area contributed by atoms with Crippen LogP contribution in [0.3, 0.4) is 0 Å². The predicted molar refractivity (Wildman–Crippen MR) is 182 cm³/mol. The maximum Gasteiger partial charge on any atom is 0.232 e. The van der Waals surface area contributed by atoms with Crippen LogP contribution in [0.4, 0.5) is 10.1 Å². The zero-order valence-electron chi connectivity index (χ0n) is 26.5. The maximum absolute atomic E-state index is 13.8. The van der Waals surface area contributed by atoms with Crippen molar-refractivity contribution in [3.63, 3.8) is 0 Å².